The molecule has 1 aromatic carbocycles. The van der Waals surface area contributed by atoms with Crippen molar-refractivity contribution >= 4 is 37.5 Å². The summed E-state index contributed by atoms with van der Waals surface area (Å²) in [5.74, 6) is 0. The molecule has 3 nitrogen and oxygen atoms in total. The van der Waals surface area contributed by atoms with Crippen molar-refractivity contribution in [3.63, 3.8) is 0 Å². The van der Waals surface area contributed by atoms with E-state index < -0.39 is 0 Å². The first-order valence-corrected chi connectivity index (χ1v) is 7.55. The standard InChI is InChI=1S/C14H12BrN3S/c15-9-5-6-10(17-8-9)7-11(16)14-18-12-3-1-2-4-13(12)19-14/h1-6,8,11H,7,16H2. The third-order valence-corrected chi connectivity index (χ3v) is 4.48. The van der Waals surface area contributed by atoms with E-state index in [1.165, 1.54) is 4.70 Å². The number of halogens is 1. The second kappa shape index (κ2) is 5.36. The van der Waals surface area contributed by atoms with Crippen LogP contribution in [-0.2, 0) is 6.42 Å². The molecule has 5 heteroatoms. The number of nitrogens with two attached hydrogens (primary N) is 1. The number of pyridine rings is 1. The Bertz CT molecular complexity index is 660. The summed E-state index contributed by atoms with van der Waals surface area (Å²) < 4.78 is 2.15. The molecule has 19 heavy (non-hydrogen) atoms. The van der Waals surface area contributed by atoms with E-state index in [1.807, 2.05) is 30.3 Å². The lowest BCUT2D eigenvalue weighted by Crippen LogP contribution is -2.13. The van der Waals surface area contributed by atoms with Crippen LogP contribution in [0.3, 0.4) is 0 Å². The summed E-state index contributed by atoms with van der Waals surface area (Å²) in [7, 11) is 0. The number of rotatable bonds is 3. The average Bonchev–Trinajstić information content (AvgIpc) is 2.85. The number of hydrogen-bond donors (Lipinski definition) is 1. The number of aromatic nitrogens is 2. The van der Waals surface area contributed by atoms with Gasteiger partial charge in [-0.05, 0) is 40.2 Å². The number of fused-ring (bicyclic) bond motifs is 1. The second-order valence-corrected chi connectivity index (χ2v) is 6.28. The molecule has 0 aliphatic rings. The SMILES string of the molecule is NC(Cc1ccc(Br)cn1)c1nc2ccccc2s1. The zero-order valence-corrected chi connectivity index (χ0v) is 12.5. The van der Waals surface area contributed by atoms with E-state index in [9.17, 15) is 0 Å². The first-order valence-electron chi connectivity index (χ1n) is 5.94. The minimum absolute atomic E-state index is 0.105. The van der Waals surface area contributed by atoms with Crippen molar-refractivity contribution in [3.05, 3.63) is 57.8 Å². The van der Waals surface area contributed by atoms with Crippen LogP contribution in [0.15, 0.2) is 47.1 Å². The van der Waals surface area contributed by atoms with Gasteiger partial charge in [0.15, 0.2) is 0 Å². The summed E-state index contributed by atoms with van der Waals surface area (Å²) in [6, 6.07) is 12.0. The van der Waals surface area contributed by atoms with Gasteiger partial charge >= 0.3 is 0 Å². The fourth-order valence-electron chi connectivity index (χ4n) is 1.89. The smallest absolute Gasteiger partial charge is 0.111 e. The van der Waals surface area contributed by atoms with E-state index in [2.05, 4.69) is 32.0 Å². The van der Waals surface area contributed by atoms with Gasteiger partial charge in [0.1, 0.15) is 5.01 Å². The van der Waals surface area contributed by atoms with Crippen LogP contribution in [0.4, 0.5) is 0 Å². The third-order valence-electron chi connectivity index (χ3n) is 2.85. The highest BCUT2D eigenvalue weighted by molar-refractivity contribution is 9.10. The van der Waals surface area contributed by atoms with Gasteiger partial charge < -0.3 is 5.73 Å². The lowest BCUT2D eigenvalue weighted by atomic mass is 10.1. The van der Waals surface area contributed by atoms with Crippen molar-refractivity contribution in [2.45, 2.75) is 12.5 Å². The highest BCUT2D eigenvalue weighted by Crippen LogP contribution is 2.26. The first kappa shape index (κ1) is 12.7. The van der Waals surface area contributed by atoms with E-state index in [0.29, 0.717) is 6.42 Å². The molecule has 0 fully saturated rings. The van der Waals surface area contributed by atoms with Crippen molar-refractivity contribution in [1.29, 1.82) is 0 Å². The molecule has 0 bridgehead atoms. The Morgan fingerprint density at radius 3 is 2.79 bits per heavy atom. The Balaban J connectivity index is 1.83. The van der Waals surface area contributed by atoms with Crippen LogP contribution in [0.5, 0.6) is 0 Å². The molecule has 0 radical (unpaired) electrons. The van der Waals surface area contributed by atoms with Crippen molar-refractivity contribution in [2.24, 2.45) is 5.73 Å². The summed E-state index contributed by atoms with van der Waals surface area (Å²) in [4.78, 5) is 8.93. The molecular weight excluding hydrogens is 322 g/mol. The van der Waals surface area contributed by atoms with Gasteiger partial charge in [-0.3, -0.25) is 4.98 Å². The van der Waals surface area contributed by atoms with Crippen molar-refractivity contribution < 1.29 is 0 Å². The predicted molar refractivity (Wildman–Crippen MR) is 82.2 cm³/mol. The third kappa shape index (κ3) is 2.83. The van der Waals surface area contributed by atoms with Crippen LogP contribution in [-0.4, -0.2) is 9.97 Å². The van der Waals surface area contributed by atoms with Crippen LogP contribution < -0.4 is 5.73 Å². The first-order chi connectivity index (χ1) is 9.22. The molecule has 0 aliphatic carbocycles. The van der Waals surface area contributed by atoms with Crippen LogP contribution >= 0.6 is 27.3 Å². The molecular formula is C14H12BrN3S. The van der Waals surface area contributed by atoms with Crippen molar-refractivity contribution in [2.75, 3.05) is 0 Å². The van der Waals surface area contributed by atoms with E-state index in [0.717, 1.165) is 20.7 Å². The van der Waals surface area contributed by atoms with Gasteiger partial charge in [0.2, 0.25) is 0 Å². The van der Waals surface area contributed by atoms with E-state index in [4.69, 9.17) is 5.73 Å². The average molecular weight is 334 g/mol. The summed E-state index contributed by atoms with van der Waals surface area (Å²) in [5, 5.41) is 0.964. The van der Waals surface area contributed by atoms with Gasteiger partial charge in [-0.1, -0.05) is 12.1 Å². The Kier molecular flexibility index (Phi) is 3.59. The normalized spacial score (nSPS) is 12.7. The van der Waals surface area contributed by atoms with Gasteiger partial charge in [0.05, 0.1) is 16.3 Å². The van der Waals surface area contributed by atoms with Crippen molar-refractivity contribution in [1.82, 2.24) is 9.97 Å². The molecule has 2 aromatic heterocycles. The van der Waals surface area contributed by atoms with Crippen LogP contribution in [0, 0.1) is 0 Å². The molecule has 96 valence electrons. The fraction of sp³-hybridized carbons (Fsp3) is 0.143. The summed E-state index contributed by atoms with van der Waals surface area (Å²) in [6.07, 6.45) is 2.49. The lowest BCUT2D eigenvalue weighted by molar-refractivity contribution is 0.702. The summed E-state index contributed by atoms with van der Waals surface area (Å²) >= 11 is 5.03. The molecule has 0 amide bonds. The van der Waals surface area contributed by atoms with Crippen LogP contribution in [0.25, 0.3) is 10.2 Å². The highest BCUT2D eigenvalue weighted by atomic mass is 79.9. The molecule has 2 N–H and O–H groups in total. The minimum Gasteiger partial charge on any atom is -0.322 e. The Labute approximate surface area is 123 Å². The quantitative estimate of drug-likeness (QED) is 0.795. The molecule has 1 unspecified atom stereocenters. The maximum atomic E-state index is 6.23. The topological polar surface area (TPSA) is 51.8 Å². The van der Waals surface area contributed by atoms with Gasteiger partial charge in [0, 0.05) is 22.8 Å². The van der Waals surface area contributed by atoms with Gasteiger partial charge in [0.25, 0.3) is 0 Å². The number of benzene rings is 1. The molecule has 2 heterocycles. The van der Waals surface area contributed by atoms with Crippen LogP contribution in [0.1, 0.15) is 16.7 Å². The number of para-hydroxylation sites is 1. The maximum Gasteiger partial charge on any atom is 0.111 e. The second-order valence-electron chi connectivity index (χ2n) is 4.30. The highest BCUT2D eigenvalue weighted by Gasteiger charge is 2.13. The maximum absolute atomic E-state index is 6.23. The van der Waals surface area contributed by atoms with Gasteiger partial charge in [-0.25, -0.2) is 4.98 Å². The Hall–Kier alpha value is -1.30. The molecule has 0 saturated heterocycles. The number of hydrogen-bond acceptors (Lipinski definition) is 4. The summed E-state index contributed by atoms with van der Waals surface area (Å²) in [5.41, 5.74) is 8.22. The number of thiazole rings is 1. The molecule has 3 rings (SSSR count). The Morgan fingerprint density at radius 2 is 2.05 bits per heavy atom. The van der Waals surface area contributed by atoms with Gasteiger partial charge in [-0.15, -0.1) is 11.3 Å². The lowest BCUT2D eigenvalue weighted by Gasteiger charge is -2.07. The Morgan fingerprint density at radius 1 is 1.21 bits per heavy atom. The van der Waals surface area contributed by atoms with Crippen molar-refractivity contribution in [3.8, 4) is 0 Å². The molecule has 3 aromatic rings. The van der Waals surface area contributed by atoms with E-state index in [1.54, 1.807) is 17.5 Å². The van der Waals surface area contributed by atoms with E-state index >= 15 is 0 Å². The van der Waals surface area contributed by atoms with Crippen LogP contribution in [0.2, 0.25) is 0 Å². The monoisotopic (exact) mass is 333 g/mol. The number of nitrogens with zero attached hydrogens (tertiary/aromatic N) is 2. The van der Waals surface area contributed by atoms with Gasteiger partial charge in [-0.2, -0.15) is 0 Å². The molecule has 0 aliphatic heterocycles. The zero-order chi connectivity index (χ0) is 13.2. The largest absolute Gasteiger partial charge is 0.322 e. The van der Waals surface area contributed by atoms with E-state index in [-0.39, 0.29) is 6.04 Å². The summed E-state index contributed by atoms with van der Waals surface area (Å²) in [6.45, 7) is 0. The fourth-order valence-corrected chi connectivity index (χ4v) is 3.09. The molecule has 0 spiro atoms. The zero-order valence-electron chi connectivity index (χ0n) is 10.1. The molecule has 0 saturated carbocycles. The predicted octanol–water partition coefficient (Wildman–Crippen LogP) is 3.70. The molecule has 1 atom stereocenters. The minimum atomic E-state index is -0.105.